The second-order valence-electron chi connectivity index (χ2n) is 8.46. The Bertz CT molecular complexity index is 1350. The molecule has 0 aliphatic heterocycles. The number of aromatic nitrogens is 1. The maximum atomic E-state index is 12.7. The summed E-state index contributed by atoms with van der Waals surface area (Å²) in [4.78, 5) is 28.4. The van der Waals surface area contributed by atoms with E-state index in [1.807, 2.05) is 61.5 Å². The molecule has 0 N–H and O–H groups in total. The highest BCUT2D eigenvalue weighted by atomic mass is 16.6. The van der Waals surface area contributed by atoms with Crippen molar-refractivity contribution >= 4 is 11.7 Å². The Kier molecular flexibility index (Phi) is 8.30. The third-order valence-electron chi connectivity index (χ3n) is 5.96. The molecule has 0 fully saturated rings. The normalized spacial score (nSPS) is 11.6. The van der Waals surface area contributed by atoms with Crippen molar-refractivity contribution in [3.05, 3.63) is 112 Å². The van der Waals surface area contributed by atoms with E-state index in [2.05, 4.69) is 4.98 Å². The third kappa shape index (κ3) is 6.41. The molecule has 190 valence electrons. The fraction of sp³-hybridized carbons (Fsp3) is 0.241. The van der Waals surface area contributed by atoms with E-state index in [4.69, 9.17) is 13.9 Å². The van der Waals surface area contributed by atoms with Crippen LogP contribution in [0.5, 0.6) is 5.75 Å². The number of benzene rings is 3. The lowest BCUT2D eigenvalue weighted by molar-refractivity contribution is -0.385. The van der Waals surface area contributed by atoms with Gasteiger partial charge in [-0.3, -0.25) is 14.9 Å². The summed E-state index contributed by atoms with van der Waals surface area (Å²) >= 11 is 0. The number of aryl methyl sites for hydroxylation is 1. The molecule has 0 aliphatic carbocycles. The number of oxazole rings is 1. The van der Waals surface area contributed by atoms with Gasteiger partial charge in [0.15, 0.2) is 0 Å². The van der Waals surface area contributed by atoms with Gasteiger partial charge in [0.1, 0.15) is 11.5 Å². The smallest absolute Gasteiger partial charge is 0.314 e. The second-order valence-corrected chi connectivity index (χ2v) is 8.46. The third-order valence-corrected chi connectivity index (χ3v) is 5.96. The molecule has 8 nitrogen and oxygen atoms in total. The lowest BCUT2D eigenvalue weighted by Crippen LogP contribution is -2.19. The van der Waals surface area contributed by atoms with Crippen LogP contribution in [0.4, 0.5) is 5.69 Å². The van der Waals surface area contributed by atoms with E-state index in [0.29, 0.717) is 30.2 Å². The largest absolute Gasteiger partial charge is 0.493 e. The quantitative estimate of drug-likeness (QED) is 0.140. The molecule has 0 saturated carbocycles. The molecule has 0 saturated heterocycles. The Balaban J connectivity index is 1.40. The maximum Gasteiger partial charge on any atom is 0.314 e. The number of esters is 1. The van der Waals surface area contributed by atoms with Crippen molar-refractivity contribution in [3.8, 4) is 17.2 Å². The number of hydrogen-bond acceptors (Lipinski definition) is 7. The summed E-state index contributed by atoms with van der Waals surface area (Å²) in [7, 11) is 0. The fourth-order valence-electron chi connectivity index (χ4n) is 4.10. The van der Waals surface area contributed by atoms with E-state index in [-0.39, 0.29) is 18.7 Å². The summed E-state index contributed by atoms with van der Waals surface area (Å²) in [5.41, 5.74) is 2.85. The number of nitro groups is 1. The van der Waals surface area contributed by atoms with E-state index in [9.17, 15) is 14.9 Å². The molecule has 0 radical (unpaired) electrons. The lowest BCUT2D eigenvalue weighted by atomic mass is 9.91. The summed E-state index contributed by atoms with van der Waals surface area (Å²) in [6.07, 6.45) is 0.858. The lowest BCUT2D eigenvalue weighted by Gasteiger charge is -2.16. The van der Waals surface area contributed by atoms with Crippen LogP contribution in [0.25, 0.3) is 11.5 Å². The van der Waals surface area contributed by atoms with Crippen molar-refractivity contribution in [3.63, 3.8) is 0 Å². The Morgan fingerprint density at radius 1 is 1.03 bits per heavy atom. The maximum absolute atomic E-state index is 12.7. The van der Waals surface area contributed by atoms with Gasteiger partial charge in [-0.25, -0.2) is 4.98 Å². The number of para-hydroxylation sites is 1. The van der Waals surface area contributed by atoms with Gasteiger partial charge in [-0.15, -0.1) is 0 Å². The molecule has 3 aromatic carbocycles. The second kappa shape index (κ2) is 12.0. The zero-order valence-electron chi connectivity index (χ0n) is 20.8. The fourth-order valence-corrected chi connectivity index (χ4v) is 4.10. The molecule has 1 atom stereocenters. The molecular formula is C29H28N2O6. The van der Waals surface area contributed by atoms with E-state index in [1.54, 1.807) is 25.1 Å². The van der Waals surface area contributed by atoms with Crippen LogP contribution in [0.3, 0.4) is 0 Å². The number of ether oxygens (including phenoxy) is 2. The molecule has 1 heterocycles. The molecule has 0 amide bonds. The van der Waals surface area contributed by atoms with Gasteiger partial charge in [0.25, 0.3) is 5.69 Å². The number of rotatable bonds is 11. The van der Waals surface area contributed by atoms with Crippen molar-refractivity contribution < 1.29 is 23.6 Å². The van der Waals surface area contributed by atoms with Gasteiger partial charge >= 0.3 is 5.97 Å². The average Bonchev–Trinajstić information content (AvgIpc) is 3.29. The van der Waals surface area contributed by atoms with Gasteiger partial charge < -0.3 is 13.9 Å². The van der Waals surface area contributed by atoms with Gasteiger partial charge in [0, 0.05) is 23.6 Å². The molecule has 1 aromatic heterocycles. The van der Waals surface area contributed by atoms with Crippen LogP contribution in [0.15, 0.2) is 83.3 Å². The molecule has 1 unspecified atom stereocenters. The Labute approximate surface area is 215 Å². The summed E-state index contributed by atoms with van der Waals surface area (Å²) in [6.45, 7) is 4.22. The van der Waals surface area contributed by atoms with Crippen molar-refractivity contribution in [2.75, 3.05) is 13.2 Å². The minimum absolute atomic E-state index is 0.0981. The number of hydrogen-bond donors (Lipinski definition) is 0. The van der Waals surface area contributed by atoms with Crippen molar-refractivity contribution in [2.45, 2.75) is 32.6 Å². The van der Waals surface area contributed by atoms with Crippen molar-refractivity contribution in [1.82, 2.24) is 4.98 Å². The molecule has 8 heteroatoms. The number of carbonyl (C=O) groups excluding carboxylic acids is 1. The van der Waals surface area contributed by atoms with E-state index < -0.39 is 16.8 Å². The standard InChI is InChI=1S/C29H28N2O6/c1-3-35-29(32)25(24-11-7-8-12-27(24)31(33)34)19-21-13-15-23(16-14-21)36-18-17-26-20(2)37-28(30-26)22-9-5-4-6-10-22/h4-16,25H,3,17-19H2,1-2H3. The molecule has 4 rings (SSSR count). The number of nitro benzene ring substituents is 1. The zero-order valence-corrected chi connectivity index (χ0v) is 20.8. The Hall–Kier alpha value is -4.46. The van der Waals surface area contributed by atoms with Crippen molar-refractivity contribution in [2.24, 2.45) is 0 Å². The molecule has 4 aromatic rings. The predicted molar refractivity (Wildman–Crippen MR) is 138 cm³/mol. The Morgan fingerprint density at radius 2 is 1.73 bits per heavy atom. The van der Waals surface area contributed by atoms with Crippen LogP contribution < -0.4 is 4.74 Å². The summed E-state index contributed by atoms with van der Waals surface area (Å²) in [5.74, 6) is 0.744. The highest BCUT2D eigenvalue weighted by molar-refractivity contribution is 5.80. The minimum atomic E-state index is -0.790. The minimum Gasteiger partial charge on any atom is -0.493 e. The molecule has 0 bridgehead atoms. The summed E-state index contributed by atoms with van der Waals surface area (Å²) in [5, 5.41) is 11.5. The first-order valence-corrected chi connectivity index (χ1v) is 12.1. The van der Waals surface area contributed by atoms with Gasteiger partial charge in [-0.05, 0) is 50.1 Å². The van der Waals surface area contributed by atoms with Crippen molar-refractivity contribution in [1.29, 1.82) is 0 Å². The van der Waals surface area contributed by atoms with Crippen LogP contribution in [0, 0.1) is 17.0 Å². The van der Waals surface area contributed by atoms with Crippen LogP contribution >= 0.6 is 0 Å². The highest BCUT2D eigenvalue weighted by Crippen LogP contribution is 2.31. The highest BCUT2D eigenvalue weighted by Gasteiger charge is 2.29. The number of nitrogens with zero attached hydrogens (tertiary/aromatic N) is 2. The first-order chi connectivity index (χ1) is 18.0. The van der Waals surface area contributed by atoms with E-state index in [1.165, 1.54) is 6.07 Å². The van der Waals surface area contributed by atoms with Gasteiger partial charge in [-0.1, -0.05) is 48.5 Å². The number of carbonyl (C=O) groups is 1. The van der Waals surface area contributed by atoms with Crippen LogP contribution in [-0.2, 0) is 22.4 Å². The first kappa shape index (κ1) is 25.6. The van der Waals surface area contributed by atoms with Crippen LogP contribution in [0.1, 0.15) is 35.4 Å². The molecule has 0 spiro atoms. The first-order valence-electron chi connectivity index (χ1n) is 12.1. The van der Waals surface area contributed by atoms with Gasteiger partial charge in [0.05, 0.1) is 29.7 Å². The zero-order chi connectivity index (χ0) is 26.2. The molecular weight excluding hydrogens is 472 g/mol. The van der Waals surface area contributed by atoms with E-state index >= 15 is 0 Å². The molecule has 0 aliphatic rings. The van der Waals surface area contributed by atoms with E-state index in [0.717, 1.165) is 22.6 Å². The predicted octanol–water partition coefficient (Wildman–Crippen LogP) is 6.07. The molecule has 37 heavy (non-hydrogen) atoms. The van der Waals surface area contributed by atoms with Gasteiger partial charge in [-0.2, -0.15) is 0 Å². The topological polar surface area (TPSA) is 105 Å². The SMILES string of the molecule is CCOC(=O)C(Cc1ccc(OCCc2nc(-c3ccccc3)oc2C)cc1)c1ccccc1[N+](=O)[O-]. The average molecular weight is 501 g/mol. The van der Waals surface area contributed by atoms with Crippen LogP contribution in [0.2, 0.25) is 0 Å². The monoisotopic (exact) mass is 500 g/mol. The summed E-state index contributed by atoms with van der Waals surface area (Å²) in [6, 6.07) is 23.4. The van der Waals surface area contributed by atoms with Crippen LogP contribution in [-0.4, -0.2) is 29.1 Å². The van der Waals surface area contributed by atoms with Gasteiger partial charge in [0.2, 0.25) is 5.89 Å². The summed E-state index contributed by atoms with van der Waals surface area (Å²) < 4.78 is 16.9. The Morgan fingerprint density at radius 3 is 2.43 bits per heavy atom.